The Morgan fingerprint density at radius 1 is 1.44 bits per heavy atom. The Hall–Kier alpha value is 0.910. The van der Waals surface area contributed by atoms with Crippen LogP contribution in [0, 0.1) is 0 Å². The maximum atomic E-state index is 10.3. The molecule has 3 nitrogen and oxygen atoms in total. The van der Waals surface area contributed by atoms with E-state index in [4.69, 9.17) is 0 Å². The van der Waals surface area contributed by atoms with E-state index in [2.05, 4.69) is 4.18 Å². The summed E-state index contributed by atoms with van der Waals surface area (Å²) < 4.78 is 25.0. The fraction of sp³-hybridized carbons (Fsp3) is 1.00. The minimum atomic E-state index is -3.16. The topological polar surface area (TPSA) is 43.4 Å². The van der Waals surface area contributed by atoms with Gasteiger partial charge in [0.2, 0.25) is 0 Å². The third kappa shape index (κ3) is 5.36. The first-order valence-electron chi connectivity index (χ1n) is 2.46. The second kappa shape index (κ2) is 3.34. The summed E-state index contributed by atoms with van der Waals surface area (Å²) in [6.45, 7) is 0. The van der Waals surface area contributed by atoms with Gasteiger partial charge in [0.1, 0.15) is 0 Å². The molecule has 1 fully saturated rings. The zero-order chi connectivity index (χ0) is 6.20. The van der Waals surface area contributed by atoms with Gasteiger partial charge in [-0.05, 0) is 12.8 Å². The molecule has 0 aromatic heterocycles. The van der Waals surface area contributed by atoms with Crippen LogP contribution in [0.3, 0.4) is 0 Å². The van der Waals surface area contributed by atoms with Crippen molar-refractivity contribution in [2.45, 2.75) is 18.9 Å². The van der Waals surface area contributed by atoms with Crippen molar-refractivity contribution in [3.8, 4) is 0 Å². The molecule has 0 spiro atoms. The van der Waals surface area contributed by atoms with Gasteiger partial charge in [-0.3, -0.25) is 4.18 Å². The minimum absolute atomic E-state index is 0. The Labute approximate surface area is 77.2 Å². The monoisotopic (exact) mass is 160 g/mol. The van der Waals surface area contributed by atoms with Gasteiger partial charge in [0.05, 0.1) is 12.4 Å². The molecule has 0 saturated heterocycles. The number of hydrogen-bond donors (Lipinski definition) is 0. The summed E-state index contributed by atoms with van der Waals surface area (Å²) in [6, 6.07) is 0. The average Bonchev–Trinajstić information content (AvgIpc) is 2.12. The van der Waals surface area contributed by atoms with Gasteiger partial charge in [-0.2, -0.15) is 8.42 Å². The average molecular weight is 160 g/mol. The molecule has 5 heteroatoms. The molecule has 0 atom stereocenters. The van der Waals surface area contributed by atoms with Crippen molar-refractivity contribution in [1.29, 1.82) is 0 Å². The molecule has 0 bridgehead atoms. The quantitative estimate of drug-likeness (QED) is 0.403. The SMILES string of the molecule is CS(=O)(=O)OC1CC1.[NaH]. The van der Waals surface area contributed by atoms with E-state index in [9.17, 15) is 8.42 Å². The summed E-state index contributed by atoms with van der Waals surface area (Å²) in [4.78, 5) is 0. The molecule has 9 heavy (non-hydrogen) atoms. The molecule has 0 unspecified atom stereocenters. The summed E-state index contributed by atoms with van der Waals surface area (Å²) >= 11 is 0. The summed E-state index contributed by atoms with van der Waals surface area (Å²) in [6.07, 6.45) is 2.87. The van der Waals surface area contributed by atoms with Crippen molar-refractivity contribution in [2.24, 2.45) is 0 Å². The van der Waals surface area contributed by atoms with Gasteiger partial charge in [0.25, 0.3) is 10.1 Å². The maximum absolute atomic E-state index is 10.3. The summed E-state index contributed by atoms with van der Waals surface area (Å²) in [5, 5.41) is 0. The molecule has 0 radical (unpaired) electrons. The Morgan fingerprint density at radius 2 is 1.89 bits per heavy atom. The van der Waals surface area contributed by atoms with Crippen LogP contribution in [0.2, 0.25) is 0 Å². The summed E-state index contributed by atoms with van der Waals surface area (Å²) in [5.74, 6) is 0. The van der Waals surface area contributed by atoms with Crippen LogP contribution in [0.4, 0.5) is 0 Å². The van der Waals surface area contributed by atoms with E-state index in [1.54, 1.807) is 0 Å². The Morgan fingerprint density at radius 3 is 2.00 bits per heavy atom. The van der Waals surface area contributed by atoms with E-state index >= 15 is 0 Å². The summed E-state index contributed by atoms with van der Waals surface area (Å²) in [7, 11) is -3.16. The molecule has 1 aliphatic carbocycles. The van der Waals surface area contributed by atoms with Crippen LogP contribution in [-0.2, 0) is 14.3 Å². The number of hydrogen-bond acceptors (Lipinski definition) is 3. The van der Waals surface area contributed by atoms with Crippen LogP contribution in [-0.4, -0.2) is 50.3 Å². The molecule has 1 aliphatic rings. The first kappa shape index (κ1) is 9.91. The molecule has 1 rings (SSSR count). The predicted molar refractivity (Wildman–Crippen MR) is 36.1 cm³/mol. The van der Waals surface area contributed by atoms with Gasteiger partial charge in [0.15, 0.2) is 0 Å². The zero-order valence-electron chi connectivity index (χ0n) is 4.62. The van der Waals surface area contributed by atoms with Gasteiger partial charge in [-0.25, -0.2) is 0 Å². The predicted octanol–water partition coefficient (Wildman–Crippen LogP) is -0.523. The van der Waals surface area contributed by atoms with Crippen molar-refractivity contribution < 1.29 is 12.6 Å². The normalized spacial score (nSPS) is 18.8. The van der Waals surface area contributed by atoms with Gasteiger partial charge < -0.3 is 0 Å². The molecule has 0 aliphatic heterocycles. The van der Waals surface area contributed by atoms with Gasteiger partial charge in [-0.15, -0.1) is 0 Å². The van der Waals surface area contributed by atoms with Crippen molar-refractivity contribution in [1.82, 2.24) is 0 Å². The van der Waals surface area contributed by atoms with E-state index < -0.39 is 10.1 Å². The van der Waals surface area contributed by atoms with Crippen molar-refractivity contribution in [3.63, 3.8) is 0 Å². The summed E-state index contributed by atoms with van der Waals surface area (Å²) in [5.41, 5.74) is 0. The van der Waals surface area contributed by atoms with E-state index in [0.29, 0.717) is 0 Å². The fourth-order valence-electron chi connectivity index (χ4n) is 0.411. The molecule has 0 amide bonds. The molecule has 50 valence electrons. The van der Waals surface area contributed by atoms with E-state index in [1.165, 1.54) is 0 Å². The standard InChI is InChI=1S/C4H8O3S.Na.H/c1-8(5,6)7-4-2-3-4;;/h4H,2-3H2,1H3;;. The molecule has 0 aromatic rings. The third-order valence-corrected chi connectivity index (χ3v) is 1.46. The van der Waals surface area contributed by atoms with Gasteiger partial charge in [-0.1, -0.05) is 0 Å². The second-order valence-electron chi connectivity index (χ2n) is 2.00. The van der Waals surface area contributed by atoms with Gasteiger partial charge in [0, 0.05) is 0 Å². The van der Waals surface area contributed by atoms with Crippen LogP contribution in [0.5, 0.6) is 0 Å². The van der Waals surface area contributed by atoms with Crippen LogP contribution < -0.4 is 0 Å². The molecule has 1 saturated carbocycles. The Kier molecular flexibility index (Phi) is 3.68. The van der Waals surface area contributed by atoms with Crippen molar-refractivity contribution >= 4 is 39.7 Å². The molecule has 0 N–H and O–H groups in total. The molecule has 0 heterocycles. The van der Waals surface area contributed by atoms with Crippen molar-refractivity contribution in [2.75, 3.05) is 6.26 Å². The van der Waals surface area contributed by atoms with E-state index in [-0.39, 0.29) is 35.7 Å². The van der Waals surface area contributed by atoms with E-state index in [1.807, 2.05) is 0 Å². The molecule has 0 aromatic carbocycles. The third-order valence-electron chi connectivity index (χ3n) is 0.835. The van der Waals surface area contributed by atoms with Crippen LogP contribution in [0.15, 0.2) is 0 Å². The van der Waals surface area contributed by atoms with Crippen molar-refractivity contribution in [3.05, 3.63) is 0 Å². The fourth-order valence-corrected chi connectivity index (χ4v) is 1.10. The number of rotatable bonds is 2. The van der Waals surface area contributed by atoms with Gasteiger partial charge >= 0.3 is 29.6 Å². The molecular weight excluding hydrogens is 151 g/mol. The first-order chi connectivity index (χ1) is 3.58. The zero-order valence-corrected chi connectivity index (χ0v) is 5.44. The second-order valence-corrected chi connectivity index (χ2v) is 3.60. The molecular formula is C4H9NaO3S. The van der Waals surface area contributed by atoms with Crippen LogP contribution in [0.25, 0.3) is 0 Å². The van der Waals surface area contributed by atoms with Crippen LogP contribution >= 0.6 is 0 Å². The Bertz CT molecular complexity index is 170. The first-order valence-corrected chi connectivity index (χ1v) is 4.28. The van der Waals surface area contributed by atoms with E-state index in [0.717, 1.165) is 19.1 Å². The Balaban J connectivity index is 0.000000640. The van der Waals surface area contributed by atoms with Crippen LogP contribution in [0.1, 0.15) is 12.8 Å².